The number of nitrogens with one attached hydrogen (secondary N) is 1. The largest absolute Gasteiger partial charge is 0.389 e. The van der Waals surface area contributed by atoms with E-state index in [1.807, 2.05) is 0 Å². The molecule has 0 aromatic rings. The summed E-state index contributed by atoms with van der Waals surface area (Å²) < 4.78 is 11.5. The molecule has 2 saturated carbocycles. The van der Waals surface area contributed by atoms with Crippen molar-refractivity contribution in [1.82, 2.24) is 5.32 Å². The van der Waals surface area contributed by atoms with Crippen molar-refractivity contribution in [3.05, 3.63) is 0 Å². The lowest BCUT2D eigenvalue weighted by atomic mass is 9.71. The van der Waals surface area contributed by atoms with E-state index in [1.165, 1.54) is 0 Å². The third-order valence-corrected chi connectivity index (χ3v) is 5.82. The Kier molecular flexibility index (Phi) is 4.34. The summed E-state index contributed by atoms with van der Waals surface area (Å²) in [5, 5.41) is 14.3. The molecule has 122 valence electrons. The summed E-state index contributed by atoms with van der Waals surface area (Å²) in [7, 11) is 0. The van der Waals surface area contributed by atoms with Crippen molar-refractivity contribution in [3.8, 4) is 0 Å². The maximum Gasteiger partial charge on any atom is 0.168 e. The molecular weight excluding hydrogens is 266 g/mol. The zero-order valence-corrected chi connectivity index (χ0v) is 13.6. The third-order valence-electron chi connectivity index (χ3n) is 5.82. The van der Waals surface area contributed by atoms with Gasteiger partial charge in [0.25, 0.3) is 0 Å². The van der Waals surface area contributed by atoms with Gasteiger partial charge in [-0.25, -0.2) is 0 Å². The molecular formula is C17H31NO3. The summed E-state index contributed by atoms with van der Waals surface area (Å²) in [5.74, 6) is -0.274. The maximum atomic E-state index is 10.7. The second-order valence-corrected chi connectivity index (χ2v) is 8.15. The van der Waals surface area contributed by atoms with Crippen molar-refractivity contribution in [2.75, 3.05) is 19.8 Å². The van der Waals surface area contributed by atoms with Gasteiger partial charge in [0.05, 0.1) is 18.8 Å². The molecule has 4 heteroatoms. The average molecular weight is 297 g/mol. The number of aliphatic hydroxyl groups is 1. The number of rotatable bonds is 3. The fraction of sp³-hybridized carbons (Fsp3) is 1.00. The SMILES string of the molecule is CC1(C)CCC(O)(CNC2CCC3(CC2)OCCO3)CC1. The summed E-state index contributed by atoms with van der Waals surface area (Å²) in [5.41, 5.74) is -0.0917. The van der Waals surface area contributed by atoms with E-state index in [1.54, 1.807) is 0 Å². The van der Waals surface area contributed by atoms with Crippen LogP contribution in [0.15, 0.2) is 0 Å². The van der Waals surface area contributed by atoms with Gasteiger partial charge in [-0.2, -0.15) is 0 Å². The smallest absolute Gasteiger partial charge is 0.168 e. The molecule has 0 aromatic carbocycles. The monoisotopic (exact) mass is 297 g/mol. The molecule has 2 aliphatic carbocycles. The predicted octanol–water partition coefficient (Wildman–Crippen LogP) is 2.59. The van der Waals surface area contributed by atoms with Crippen molar-refractivity contribution >= 4 is 0 Å². The molecule has 1 saturated heterocycles. The molecule has 1 aliphatic heterocycles. The highest BCUT2D eigenvalue weighted by Gasteiger charge is 2.41. The zero-order valence-electron chi connectivity index (χ0n) is 13.6. The minimum atomic E-state index is -0.495. The molecule has 0 amide bonds. The summed E-state index contributed by atoms with van der Waals surface area (Å²) in [4.78, 5) is 0. The van der Waals surface area contributed by atoms with E-state index < -0.39 is 5.60 Å². The number of hydrogen-bond donors (Lipinski definition) is 2. The Morgan fingerprint density at radius 3 is 2.10 bits per heavy atom. The zero-order chi connectivity index (χ0) is 15.0. The quantitative estimate of drug-likeness (QED) is 0.841. The molecule has 1 spiro atoms. The normalized spacial score (nSPS) is 34.1. The molecule has 4 nitrogen and oxygen atoms in total. The molecule has 0 unspecified atom stereocenters. The average Bonchev–Trinajstić information content (AvgIpc) is 2.91. The van der Waals surface area contributed by atoms with Crippen LogP contribution in [-0.2, 0) is 9.47 Å². The molecule has 21 heavy (non-hydrogen) atoms. The Hall–Kier alpha value is -0.160. The fourth-order valence-electron chi connectivity index (χ4n) is 3.95. The van der Waals surface area contributed by atoms with Crippen LogP contribution in [0.2, 0.25) is 0 Å². The molecule has 0 aromatic heterocycles. The van der Waals surface area contributed by atoms with Gasteiger partial charge in [-0.1, -0.05) is 13.8 Å². The third kappa shape index (κ3) is 3.79. The van der Waals surface area contributed by atoms with Gasteiger partial charge < -0.3 is 19.9 Å². The second-order valence-electron chi connectivity index (χ2n) is 8.15. The van der Waals surface area contributed by atoms with E-state index in [2.05, 4.69) is 19.2 Å². The maximum absolute atomic E-state index is 10.7. The first-order valence-electron chi connectivity index (χ1n) is 8.64. The van der Waals surface area contributed by atoms with Gasteiger partial charge >= 0.3 is 0 Å². The van der Waals surface area contributed by atoms with Gasteiger partial charge in [-0.05, 0) is 43.9 Å². The molecule has 3 rings (SSSR count). The first-order chi connectivity index (χ1) is 9.91. The Labute approximate surface area is 128 Å². The Morgan fingerprint density at radius 1 is 0.952 bits per heavy atom. The first-order valence-corrected chi connectivity index (χ1v) is 8.64. The number of hydrogen-bond acceptors (Lipinski definition) is 4. The highest BCUT2D eigenvalue weighted by Crippen LogP contribution is 2.40. The van der Waals surface area contributed by atoms with E-state index >= 15 is 0 Å². The predicted molar refractivity (Wildman–Crippen MR) is 82.1 cm³/mol. The van der Waals surface area contributed by atoms with Crippen LogP contribution in [0.3, 0.4) is 0 Å². The first kappa shape index (κ1) is 15.7. The van der Waals surface area contributed by atoms with Gasteiger partial charge in [0.15, 0.2) is 5.79 Å². The lowest BCUT2D eigenvalue weighted by Gasteiger charge is -2.42. The summed E-state index contributed by atoms with van der Waals surface area (Å²) in [6, 6.07) is 0.502. The van der Waals surface area contributed by atoms with Crippen molar-refractivity contribution in [3.63, 3.8) is 0 Å². The molecule has 0 atom stereocenters. The van der Waals surface area contributed by atoms with Crippen LogP contribution in [0, 0.1) is 5.41 Å². The van der Waals surface area contributed by atoms with Crippen LogP contribution in [0.5, 0.6) is 0 Å². The van der Waals surface area contributed by atoms with Gasteiger partial charge in [-0.3, -0.25) is 0 Å². The lowest BCUT2D eigenvalue weighted by molar-refractivity contribution is -0.179. The topological polar surface area (TPSA) is 50.7 Å². The minimum Gasteiger partial charge on any atom is -0.389 e. The van der Waals surface area contributed by atoms with E-state index in [-0.39, 0.29) is 5.79 Å². The van der Waals surface area contributed by atoms with Crippen molar-refractivity contribution in [2.24, 2.45) is 5.41 Å². The Morgan fingerprint density at radius 2 is 1.52 bits per heavy atom. The van der Waals surface area contributed by atoms with E-state index in [9.17, 15) is 5.11 Å². The van der Waals surface area contributed by atoms with E-state index in [0.29, 0.717) is 11.5 Å². The standard InChI is InChI=1S/C17H31NO3/c1-15(2)7-9-16(19,10-8-15)13-18-14-3-5-17(6-4-14)20-11-12-21-17/h14,18-19H,3-13H2,1-2H3. The summed E-state index contributed by atoms with van der Waals surface area (Å²) >= 11 is 0. The van der Waals surface area contributed by atoms with Gasteiger partial charge in [0, 0.05) is 25.4 Å². The van der Waals surface area contributed by atoms with Crippen molar-refractivity contribution in [1.29, 1.82) is 0 Å². The minimum absolute atomic E-state index is 0.274. The molecule has 0 radical (unpaired) electrons. The molecule has 3 aliphatic rings. The van der Waals surface area contributed by atoms with Crippen molar-refractivity contribution < 1.29 is 14.6 Å². The van der Waals surface area contributed by atoms with E-state index in [4.69, 9.17) is 9.47 Å². The molecule has 0 bridgehead atoms. The van der Waals surface area contributed by atoms with Crippen LogP contribution >= 0.6 is 0 Å². The van der Waals surface area contributed by atoms with Crippen LogP contribution in [0.4, 0.5) is 0 Å². The van der Waals surface area contributed by atoms with Crippen LogP contribution in [0.1, 0.15) is 65.2 Å². The summed E-state index contributed by atoms with van der Waals surface area (Å²) in [6.45, 7) is 6.84. The molecule has 3 fully saturated rings. The van der Waals surface area contributed by atoms with E-state index in [0.717, 1.165) is 71.1 Å². The van der Waals surface area contributed by atoms with Gasteiger partial charge in [0.1, 0.15) is 0 Å². The highest BCUT2D eigenvalue weighted by atomic mass is 16.7. The number of ether oxygens (including phenoxy) is 2. The Balaban J connectivity index is 1.42. The van der Waals surface area contributed by atoms with Gasteiger partial charge in [-0.15, -0.1) is 0 Å². The highest BCUT2D eigenvalue weighted by molar-refractivity contribution is 4.92. The summed E-state index contributed by atoms with van der Waals surface area (Å²) in [6.07, 6.45) is 8.24. The fourth-order valence-corrected chi connectivity index (χ4v) is 3.95. The van der Waals surface area contributed by atoms with Gasteiger partial charge in [0.2, 0.25) is 0 Å². The Bertz CT molecular complexity index is 343. The van der Waals surface area contributed by atoms with Crippen LogP contribution in [0.25, 0.3) is 0 Å². The molecule has 1 heterocycles. The van der Waals surface area contributed by atoms with Crippen molar-refractivity contribution in [2.45, 2.75) is 82.6 Å². The molecule has 2 N–H and O–H groups in total. The van der Waals surface area contributed by atoms with Crippen LogP contribution < -0.4 is 5.32 Å². The van der Waals surface area contributed by atoms with Crippen LogP contribution in [-0.4, -0.2) is 42.3 Å². The lowest BCUT2D eigenvalue weighted by Crippen LogP contribution is -2.49. The second kappa shape index (κ2) is 5.80.